The number of hydrogen-bond donors (Lipinski definition) is 0. The maximum atomic E-state index is 5.17. The summed E-state index contributed by atoms with van der Waals surface area (Å²) in [6.07, 6.45) is 0. The molecule has 0 bridgehead atoms. The standard InChI is InChI=1S/C39H23N5/c1-3-12-24(13-4-1)37-40-38(25-14-5-2-6-15-25)42-39(41-37)44-32-21-10-8-17-27(32)29-22-23-33-34(36(29)44)30-19-11-18-28-26-16-7-9-20-31(26)43(33)35(28)30/h1-23H. The Morgan fingerprint density at radius 1 is 0.364 bits per heavy atom. The van der Waals surface area contributed by atoms with E-state index in [2.05, 4.69) is 112 Å². The molecule has 204 valence electrons. The van der Waals surface area contributed by atoms with Gasteiger partial charge in [-0.1, -0.05) is 121 Å². The van der Waals surface area contributed by atoms with Gasteiger partial charge in [-0.25, -0.2) is 4.98 Å². The summed E-state index contributed by atoms with van der Waals surface area (Å²) in [4.78, 5) is 15.3. The molecule has 0 fully saturated rings. The molecule has 0 aliphatic rings. The van der Waals surface area contributed by atoms with Crippen LogP contribution in [0, 0.1) is 0 Å². The summed E-state index contributed by atoms with van der Waals surface area (Å²) in [6, 6.07) is 48.8. The highest BCUT2D eigenvalue weighted by molar-refractivity contribution is 6.30. The first kappa shape index (κ1) is 23.5. The number of aromatic nitrogens is 5. The van der Waals surface area contributed by atoms with Crippen LogP contribution in [0.25, 0.3) is 88.6 Å². The van der Waals surface area contributed by atoms with Gasteiger partial charge in [0.1, 0.15) is 0 Å². The van der Waals surface area contributed by atoms with E-state index in [1.807, 2.05) is 36.4 Å². The predicted molar refractivity (Wildman–Crippen MR) is 180 cm³/mol. The van der Waals surface area contributed by atoms with Crippen LogP contribution in [0.15, 0.2) is 140 Å². The molecular weight excluding hydrogens is 538 g/mol. The zero-order chi connectivity index (χ0) is 28.8. The van der Waals surface area contributed by atoms with Gasteiger partial charge in [-0.05, 0) is 18.2 Å². The quantitative estimate of drug-likeness (QED) is 0.216. The van der Waals surface area contributed by atoms with Gasteiger partial charge in [-0.15, -0.1) is 0 Å². The van der Waals surface area contributed by atoms with Crippen LogP contribution >= 0.6 is 0 Å². The van der Waals surface area contributed by atoms with Crippen LogP contribution in [0.1, 0.15) is 0 Å². The number of hydrogen-bond acceptors (Lipinski definition) is 3. The molecule has 0 amide bonds. The highest BCUT2D eigenvalue weighted by atomic mass is 15.2. The zero-order valence-corrected chi connectivity index (χ0v) is 23.5. The van der Waals surface area contributed by atoms with Crippen molar-refractivity contribution >= 4 is 59.9 Å². The fourth-order valence-electron chi connectivity index (χ4n) is 7.07. The molecule has 0 unspecified atom stereocenters. The molecule has 10 aromatic rings. The Kier molecular flexibility index (Phi) is 4.66. The van der Waals surface area contributed by atoms with E-state index in [9.17, 15) is 0 Å². The minimum Gasteiger partial charge on any atom is -0.308 e. The second-order valence-electron chi connectivity index (χ2n) is 11.3. The molecule has 6 aromatic carbocycles. The first-order chi connectivity index (χ1) is 21.8. The summed E-state index contributed by atoms with van der Waals surface area (Å²) >= 11 is 0. The second-order valence-corrected chi connectivity index (χ2v) is 11.3. The minimum absolute atomic E-state index is 0.603. The van der Waals surface area contributed by atoms with Gasteiger partial charge in [-0.2, -0.15) is 9.97 Å². The molecule has 0 saturated heterocycles. The Hall–Kier alpha value is -6.07. The van der Waals surface area contributed by atoms with Crippen molar-refractivity contribution < 1.29 is 0 Å². The summed E-state index contributed by atoms with van der Waals surface area (Å²) < 4.78 is 4.67. The summed E-state index contributed by atoms with van der Waals surface area (Å²) in [5.41, 5.74) is 7.71. The van der Waals surface area contributed by atoms with Gasteiger partial charge in [0.2, 0.25) is 5.95 Å². The van der Waals surface area contributed by atoms with E-state index in [0.29, 0.717) is 17.6 Å². The third-order valence-corrected chi connectivity index (χ3v) is 8.91. The van der Waals surface area contributed by atoms with E-state index in [4.69, 9.17) is 15.0 Å². The predicted octanol–water partition coefficient (Wildman–Crippen LogP) is 9.45. The fourth-order valence-corrected chi connectivity index (χ4v) is 7.07. The summed E-state index contributed by atoms with van der Waals surface area (Å²) in [6.45, 7) is 0. The topological polar surface area (TPSA) is 48.0 Å². The average Bonchev–Trinajstić information content (AvgIpc) is 3.74. The second kappa shape index (κ2) is 8.72. The zero-order valence-electron chi connectivity index (χ0n) is 23.5. The lowest BCUT2D eigenvalue weighted by molar-refractivity contribution is 0.955. The van der Waals surface area contributed by atoms with Crippen LogP contribution in [0.4, 0.5) is 0 Å². The van der Waals surface area contributed by atoms with Crippen LogP contribution in [-0.4, -0.2) is 23.9 Å². The fraction of sp³-hybridized carbons (Fsp3) is 0. The van der Waals surface area contributed by atoms with Crippen molar-refractivity contribution in [3.8, 4) is 28.7 Å². The molecule has 4 heterocycles. The van der Waals surface area contributed by atoms with Gasteiger partial charge in [0, 0.05) is 43.4 Å². The average molecular weight is 562 g/mol. The maximum Gasteiger partial charge on any atom is 0.238 e. The van der Waals surface area contributed by atoms with Crippen molar-refractivity contribution in [1.82, 2.24) is 23.9 Å². The van der Waals surface area contributed by atoms with Crippen molar-refractivity contribution in [3.63, 3.8) is 0 Å². The van der Waals surface area contributed by atoms with Crippen LogP contribution in [0.5, 0.6) is 0 Å². The van der Waals surface area contributed by atoms with Crippen LogP contribution in [0.2, 0.25) is 0 Å². The molecular formula is C39H23N5. The number of fused-ring (bicyclic) bond motifs is 10. The van der Waals surface area contributed by atoms with E-state index in [1.165, 1.54) is 48.9 Å². The lowest BCUT2D eigenvalue weighted by atomic mass is 10.1. The Morgan fingerprint density at radius 2 is 0.909 bits per heavy atom. The van der Waals surface area contributed by atoms with Gasteiger partial charge in [0.05, 0.1) is 27.6 Å². The van der Waals surface area contributed by atoms with E-state index < -0.39 is 0 Å². The first-order valence-electron chi connectivity index (χ1n) is 14.8. The summed E-state index contributed by atoms with van der Waals surface area (Å²) in [5.74, 6) is 1.89. The lowest BCUT2D eigenvalue weighted by Crippen LogP contribution is -2.06. The van der Waals surface area contributed by atoms with E-state index in [-0.39, 0.29) is 0 Å². The smallest absolute Gasteiger partial charge is 0.238 e. The number of benzene rings is 6. The minimum atomic E-state index is 0.603. The van der Waals surface area contributed by atoms with Crippen molar-refractivity contribution in [2.75, 3.05) is 0 Å². The Balaban J connectivity index is 1.40. The van der Waals surface area contributed by atoms with Gasteiger partial charge < -0.3 is 4.40 Å². The third-order valence-electron chi connectivity index (χ3n) is 8.91. The van der Waals surface area contributed by atoms with Gasteiger partial charge in [0.15, 0.2) is 11.6 Å². The highest BCUT2D eigenvalue weighted by Gasteiger charge is 2.24. The van der Waals surface area contributed by atoms with Crippen LogP contribution in [-0.2, 0) is 0 Å². The molecule has 0 aliphatic carbocycles. The third kappa shape index (κ3) is 3.10. The Bertz CT molecular complexity index is 2650. The normalized spacial score (nSPS) is 12.1. The van der Waals surface area contributed by atoms with Crippen molar-refractivity contribution in [2.24, 2.45) is 0 Å². The molecule has 0 atom stereocenters. The maximum absolute atomic E-state index is 5.17. The van der Waals surface area contributed by atoms with Crippen LogP contribution < -0.4 is 0 Å². The number of rotatable bonds is 3. The Labute approximate surface area is 251 Å². The van der Waals surface area contributed by atoms with Gasteiger partial charge >= 0.3 is 0 Å². The van der Waals surface area contributed by atoms with Crippen molar-refractivity contribution in [2.45, 2.75) is 0 Å². The Morgan fingerprint density at radius 3 is 1.61 bits per heavy atom. The molecule has 44 heavy (non-hydrogen) atoms. The van der Waals surface area contributed by atoms with Gasteiger partial charge in [0.25, 0.3) is 0 Å². The first-order valence-corrected chi connectivity index (χ1v) is 14.8. The van der Waals surface area contributed by atoms with Crippen molar-refractivity contribution in [1.29, 1.82) is 0 Å². The lowest BCUT2D eigenvalue weighted by Gasteiger charge is -2.11. The molecule has 5 nitrogen and oxygen atoms in total. The highest BCUT2D eigenvalue weighted by Crippen LogP contribution is 2.44. The van der Waals surface area contributed by atoms with Crippen LogP contribution in [0.3, 0.4) is 0 Å². The molecule has 0 saturated carbocycles. The monoisotopic (exact) mass is 561 g/mol. The number of nitrogens with zero attached hydrogens (tertiary/aromatic N) is 5. The molecule has 0 spiro atoms. The number of para-hydroxylation sites is 3. The van der Waals surface area contributed by atoms with E-state index in [1.54, 1.807) is 0 Å². The molecule has 5 heteroatoms. The SMILES string of the molecule is c1ccc(-c2nc(-c3ccccc3)nc(-n3c4ccccc4c4ccc5c(c6cccc7c8ccccc8n5c76)c43)n2)cc1. The summed E-state index contributed by atoms with van der Waals surface area (Å²) in [7, 11) is 0. The largest absolute Gasteiger partial charge is 0.308 e. The molecule has 0 N–H and O–H groups in total. The van der Waals surface area contributed by atoms with Gasteiger partial charge in [-0.3, -0.25) is 4.57 Å². The molecule has 4 aromatic heterocycles. The molecule has 10 rings (SSSR count). The van der Waals surface area contributed by atoms with E-state index in [0.717, 1.165) is 22.2 Å². The molecule has 0 aliphatic heterocycles. The summed E-state index contributed by atoms with van der Waals surface area (Å²) in [5, 5.41) is 7.31. The van der Waals surface area contributed by atoms with Crippen molar-refractivity contribution in [3.05, 3.63) is 140 Å². The van der Waals surface area contributed by atoms with E-state index >= 15 is 0 Å². The molecule has 0 radical (unpaired) electrons.